The third-order valence-electron chi connectivity index (χ3n) is 3.33. The number of rotatable bonds is 5. The summed E-state index contributed by atoms with van der Waals surface area (Å²) in [5.41, 5.74) is 6.09. The normalized spacial score (nSPS) is 25.8. The molecule has 2 N–H and O–H groups in total. The molecule has 0 amide bonds. The van der Waals surface area contributed by atoms with Crippen molar-refractivity contribution in [2.45, 2.75) is 32.7 Å². The zero-order valence-electron chi connectivity index (χ0n) is 10.4. The second-order valence-corrected chi connectivity index (χ2v) is 5.13. The Morgan fingerprint density at radius 2 is 2.20 bits per heavy atom. The van der Waals surface area contributed by atoms with Gasteiger partial charge in [0.1, 0.15) is 0 Å². The topological polar surface area (TPSA) is 38.5 Å². The average molecular weight is 214 g/mol. The molecule has 0 spiro atoms. The smallest absolute Gasteiger partial charge is 0.0502 e. The van der Waals surface area contributed by atoms with Gasteiger partial charge in [0.05, 0.1) is 6.61 Å². The van der Waals surface area contributed by atoms with Crippen LogP contribution in [0.15, 0.2) is 0 Å². The van der Waals surface area contributed by atoms with Gasteiger partial charge in [-0.2, -0.15) is 0 Å². The number of nitrogens with zero attached hydrogens (tertiary/aromatic N) is 1. The van der Waals surface area contributed by atoms with Gasteiger partial charge in [-0.3, -0.25) is 0 Å². The minimum absolute atomic E-state index is 0.311. The van der Waals surface area contributed by atoms with E-state index in [2.05, 4.69) is 18.7 Å². The van der Waals surface area contributed by atoms with Crippen LogP contribution < -0.4 is 5.73 Å². The molecule has 90 valence electrons. The maximum atomic E-state index is 6.09. The van der Waals surface area contributed by atoms with E-state index in [4.69, 9.17) is 10.5 Å². The standard InChI is InChI=1S/C12H26N2O/c1-10(2)12(13)8-14-6-4-5-11(7-14)9-15-3/h10-12H,4-9,13H2,1-3H3. The van der Waals surface area contributed by atoms with Crippen LogP contribution in [0.2, 0.25) is 0 Å². The van der Waals surface area contributed by atoms with Crippen molar-refractivity contribution in [2.75, 3.05) is 33.4 Å². The number of ether oxygens (including phenoxy) is 1. The lowest BCUT2D eigenvalue weighted by atomic mass is 9.97. The number of likely N-dealkylation sites (tertiary alicyclic amines) is 1. The van der Waals surface area contributed by atoms with E-state index in [0.29, 0.717) is 17.9 Å². The lowest BCUT2D eigenvalue weighted by Crippen LogP contribution is -2.45. The molecule has 1 rings (SSSR count). The summed E-state index contributed by atoms with van der Waals surface area (Å²) < 4.78 is 5.22. The molecular weight excluding hydrogens is 188 g/mol. The van der Waals surface area contributed by atoms with Crippen molar-refractivity contribution in [2.24, 2.45) is 17.6 Å². The van der Waals surface area contributed by atoms with Crippen LogP contribution in [0.5, 0.6) is 0 Å². The Morgan fingerprint density at radius 3 is 2.80 bits per heavy atom. The molecule has 2 unspecified atom stereocenters. The molecule has 0 bridgehead atoms. The van der Waals surface area contributed by atoms with Crippen molar-refractivity contribution in [3.05, 3.63) is 0 Å². The molecule has 0 aromatic rings. The zero-order valence-corrected chi connectivity index (χ0v) is 10.4. The molecule has 2 atom stereocenters. The fraction of sp³-hybridized carbons (Fsp3) is 1.00. The van der Waals surface area contributed by atoms with E-state index in [1.165, 1.54) is 19.4 Å². The summed E-state index contributed by atoms with van der Waals surface area (Å²) in [6.45, 7) is 8.70. The Kier molecular flexibility index (Phi) is 5.58. The van der Waals surface area contributed by atoms with E-state index in [0.717, 1.165) is 19.7 Å². The van der Waals surface area contributed by atoms with Gasteiger partial charge in [0, 0.05) is 26.2 Å². The van der Waals surface area contributed by atoms with Gasteiger partial charge < -0.3 is 15.4 Å². The van der Waals surface area contributed by atoms with Gasteiger partial charge in [-0.1, -0.05) is 13.8 Å². The monoisotopic (exact) mass is 214 g/mol. The SMILES string of the molecule is COCC1CCCN(CC(N)C(C)C)C1. The van der Waals surface area contributed by atoms with Gasteiger partial charge in [0.25, 0.3) is 0 Å². The molecule has 0 radical (unpaired) electrons. The minimum atomic E-state index is 0.311. The molecule has 1 saturated heterocycles. The third-order valence-corrected chi connectivity index (χ3v) is 3.33. The molecule has 3 nitrogen and oxygen atoms in total. The van der Waals surface area contributed by atoms with E-state index in [1.54, 1.807) is 7.11 Å². The van der Waals surface area contributed by atoms with Crippen LogP contribution in [0.3, 0.4) is 0 Å². The molecular formula is C12H26N2O. The van der Waals surface area contributed by atoms with Gasteiger partial charge in [-0.25, -0.2) is 0 Å². The molecule has 0 aromatic heterocycles. The fourth-order valence-corrected chi connectivity index (χ4v) is 2.20. The molecule has 1 fully saturated rings. The molecule has 0 aromatic carbocycles. The summed E-state index contributed by atoms with van der Waals surface area (Å²) in [5, 5.41) is 0. The van der Waals surface area contributed by atoms with E-state index in [-0.39, 0.29) is 0 Å². The van der Waals surface area contributed by atoms with Gasteiger partial charge in [0.2, 0.25) is 0 Å². The molecule has 0 aliphatic carbocycles. The van der Waals surface area contributed by atoms with Crippen molar-refractivity contribution in [1.82, 2.24) is 4.90 Å². The summed E-state index contributed by atoms with van der Waals surface area (Å²) in [6, 6.07) is 0.311. The van der Waals surface area contributed by atoms with Crippen LogP contribution in [-0.2, 0) is 4.74 Å². The summed E-state index contributed by atoms with van der Waals surface area (Å²) in [5.74, 6) is 1.29. The highest BCUT2D eigenvalue weighted by Gasteiger charge is 2.21. The lowest BCUT2D eigenvalue weighted by molar-refractivity contribution is 0.0854. The van der Waals surface area contributed by atoms with Gasteiger partial charge in [-0.15, -0.1) is 0 Å². The van der Waals surface area contributed by atoms with E-state index in [9.17, 15) is 0 Å². The molecule has 0 saturated carbocycles. The van der Waals surface area contributed by atoms with Crippen LogP contribution in [-0.4, -0.2) is 44.3 Å². The molecule has 3 heteroatoms. The summed E-state index contributed by atoms with van der Waals surface area (Å²) in [6.07, 6.45) is 2.60. The van der Waals surface area contributed by atoms with Crippen molar-refractivity contribution < 1.29 is 4.74 Å². The van der Waals surface area contributed by atoms with E-state index in [1.807, 2.05) is 0 Å². The second kappa shape index (κ2) is 6.46. The number of hydrogen-bond acceptors (Lipinski definition) is 3. The Bertz CT molecular complexity index is 171. The first-order chi connectivity index (χ1) is 7.13. The quantitative estimate of drug-likeness (QED) is 0.750. The first kappa shape index (κ1) is 12.9. The lowest BCUT2D eigenvalue weighted by Gasteiger charge is -2.34. The highest BCUT2D eigenvalue weighted by molar-refractivity contribution is 4.77. The van der Waals surface area contributed by atoms with Crippen LogP contribution >= 0.6 is 0 Å². The Balaban J connectivity index is 2.29. The van der Waals surface area contributed by atoms with Crippen LogP contribution in [0, 0.1) is 11.8 Å². The van der Waals surface area contributed by atoms with E-state index >= 15 is 0 Å². The predicted octanol–water partition coefficient (Wildman–Crippen LogP) is 1.33. The molecule has 1 heterocycles. The highest BCUT2D eigenvalue weighted by Crippen LogP contribution is 2.17. The number of piperidine rings is 1. The first-order valence-electron chi connectivity index (χ1n) is 6.10. The second-order valence-electron chi connectivity index (χ2n) is 5.13. The maximum absolute atomic E-state index is 6.09. The van der Waals surface area contributed by atoms with Gasteiger partial charge >= 0.3 is 0 Å². The number of nitrogens with two attached hydrogens (primary N) is 1. The zero-order chi connectivity index (χ0) is 11.3. The highest BCUT2D eigenvalue weighted by atomic mass is 16.5. The third kappa shape index (κ3) is 4.49. The Morgan fingerprint density at radius 1 is 1.47 bits per heavy atom. The van der Waals surface area contributed by atoms with Gasteiger partial charge in [-0.05, 0) is 31.2 Å². The van der Waals surface area contributed by atoms with Crippen molar-refractivity contribution >= 4 is 0 Å². The predicted molar refractivity (Wildman–Crippen MR) is 63.9 cm³/mol. The summed E-state index contributed by atoms with van der Waals surface area (Å²) in [4.78, 5) is 2.50. The van der Waals surface area contributed by atoms with Crippen LogP contribution in [0.25, 0.3) is 0 Å². The Labute approximate surface area is 94.0 Å². The fourth-order valence-electron chi connectivity index (χ4n) is 2.20. The van der Waals surface area contributed by atoms with Crippen molar-refractivity contribution in [3.8, 4) is 0 Å². The number of methoxy groups -OCH3 is 1. The molecule has 15 heavy (non-hydrogen) atoms. The van der Waals surface area contributed by atoms with E-state index < -0.39 is 0 Å². The Hall–Kier alpha value is -0.120. The van der Waals surface area contributed by atoms with Crippen LogP contribution in [0.1, 0.15) is 26.7 Å². The number of hydrogen-bond donors (Lipinski definition) is 1. The molecule has 1 aliphatic rings. The molecule has 1 aliphatic heterocycles. The van der Waals surface area contributed by atoms with Crippen molar-refractivity contribution in [1.29, 1.82) is 0 Å². The summed E-state index contributed by atoms with van der Waals surface area (Å²) in [7, 11) is 1.79. The summed E-state index contributed by atoms with van der Waals surface area (Å²) >= 11 is 0. The maximum Gasteiger partial charge on any atom is 0.0502 e. The van der Waals surface area contributed by atoms with Crippen LogP contribution in [0.4, 0.5) is 0 Å². The average Bonchev–Trinajstić information content (AvgIpc) is 2.18. The minimum Gasteiger partial charge on any atom is -0.384 e. The first-order valence-corrected chi connectivity index (χ1v) is 6.10. The van der Waals surface area contributed by atoms with Gasteiger partial charge in [0.15, 0.2) is 0 Å². The van der Waals surface area contributed by atoms with Crippen molar-refractivity contribution in [3.63, 3.8) is 0 Å². The largest absolute Gasteiger partial charge is 0.384 e.